The molecule has 0 unspecified atom stereocenters. The van der Waals surface area contributed by atoms with Gasteiger partial charge in [0.1, 0.15) is 0 Å². The average molecular weight is 192 g/mol. The Morgan fingerprint density at radius 3 is 2.00 bits per heavy atom. The van der Waals surface area contributed by atoms with Crippen LogP contribution in [0.25, 0.3) is 0 Å². The molecule has 0 aliphatic rings. The van der Waals surface area contributed by atoms with Gasteiger partial charge in [0.05, 0.1) is 0 Å². The number of hydrogen-bond donors (Lipinski definition) is 0. The number of rotatable bonds is 3. The molecular weight excluding hydrogens is 172 g/mol. The minimum Gasteiger partial charge on any atom is -0.295 e. The number of allylic oxidation sites excluding steroid dienone is 5. The van der Waals surface area contributed by atoms with Crippen molar-refractivity contribution in [3.8, 4) is 0 Å². The van der Waals surface area contributed by atoms with E-state index in [0.717, 1.165) is 11.1 Å². The maximum Gasteiger partial charge on any atom is 0.159 e. The van der Waals surface area contributed by atoms with Gasteiger partial charge in [0, 0.05) is 5.57 Å². The van der Waals surface area contributed by atoms with Gasteiger partial charge in [0.2, 0.25) is 0 Å². The van der Waals surface area contributed by atoms with E-state index in [9.17, 15) is 4.79 Å². The van der Waals surface area contributed by atoms with Crippen LogP contribution >= 0.6 is 0 Å². The smallest absolute Gasteiger partial charge is 0.159 e. The van der Waals surface area contributed by atoms with Crippen LogP contribution in [-0.4, -0.2) is 5.78 Å². The SMILES string of the molecule is C=C(/C=C\C(=C/C)C(C)=O)C(C)(C)C. The summed E-state index contributed by atoms with van der Waals surface area (Å²) in [5, 5.41) is 0. The zero-order valence-corrected chi connectivity index (χ0v) is 9.85. The molecule has 0 fully saturated rings. The first-order chi connectivity index (χ1) is 6.29. The zero-order valence-electron chi connectivity index (χ0n) is 9.85. The molecule has 14 heavy (non-hydrogen) atoms. The van der Waals surface area contributed by atoms with Crippen LogP contribution in [0.1, 0.15) is 34.6 Å². The van der Waals surface area contributed by atoms with Gasteiger partial charge >= 0.3 is 0 Å². The molecule has 0 saturated carbocycles. The summed E-state index contributed by atoms with van der Waals surface area (Å²) in [4.78, 5) is 11.1. The van der Waals surface area contributed by atoms with E-state index in [-0.39, 0.29) is 11.2 Å². The monoisotopic (exact) mass is 192 g/mol. The van der Waals surface area contributed by atoms with Gasteiger partial charge in [0.15, 0.2) is 5.78 Å². The highest BCUT2D eigenvalue weighted by atomic mass is 16.1. The van der Waals surface area contributed by atoms with Crippen molar-refractivity contribution in [3.05, 3.63) is 36.0 Å². The van der Waals surface area contributed by atoms with E-state index in [0.29, 0.717) is 0 Å². The summed E-state index contributed by atoms with van der Waals surface area (Å²) in [6.07, 6.45) is 5.56. The Bertz CT molecular complexity index is 285. The Labute approximate surface area is 87.2 Å². The molecule has 1 nitrogen and oxygen atoms in total. The van der Waals surface area contributed by atoms with E-state index >= 15 is 0 Å². The number of carbonyl (C=O) groups excluding carboxylic acids is 1. The highest BCUT2D eigenvalue weighted by molar-refractivity contribution is 5.95. The predicted molar refractivity (Wildman–Crippen MR) is 62.2 cm³/mol. The van der Waals surface area contributed by atoms with Crippen molar-refractivity contribution in [2.75, 3.05) is 0 Å². The minimum atomic E-state index is 0.0616. The molecule has 1 heteroatoms. The van der Waals surface area contributed by atoms with Gasteiger partial charge in [-0.25, -0.2) is 0 Å². The van der Waals surface area contributed by atoms with Gasteiger partial charge in [-0.1, -0.05) is 45.6 Å². The Kier molecular flexibility index (Phi) is 4.55. The lowest BCUT2D eigenvalue weighted by atomic mass is 9.87. The number of carbonyl (C=O) groups is 1. The Hall–Kier alpha value is -1.11. The molecule has 0 bridgehead atoms. The first-order valence-corrected chi connectivity index (χ1v) is 4.83. The van der Waals surface area contributed by atoms with Crippen LogP contribution in [0.3, 0.4) is 0 Å². The van der Waals surface area contributed by atoms with Crippen molar-refractivity contribution in [2.24, 2.45) is 5.41 Å². The Morgan fingerprint density at radius 2 is 1.71 bits per heavy atom. The van der Waals surface area contributed by atoms with Crippen molar-refractivity contribution >= 4 is 5.78 Å². The third-order valence-corrected chi connectivity index (χ3v) is 2.14. The van der Waals surface area contributed by atoms with Crippen molar-refractivity contribution in [1.82, 2.24) is 0 Å². The van der Waals surface area contributed by atoms with Crippen molar-refractivity contribution in [1.29, 1.82) is 0 Å². The van der Waals surface area contributed by atoms with E-state index in [1.54, 1.807) is 6.92 Å². The highest BCUT2D eigenvalue weighted by Gasteiger charge is 2.11. The lowest BCUT2D eigenvalue weighted by Gasteiger charge is -2.18. The predicted octanol–water partition coefficient (Wildman–Crippen LogP) is 3.68. The fraction of sp³-hybridized carbons (Fsp3) is 0.462. The Morgan fingerprint density at radius 1 is 1.21 bits per heavy atom. The van der Waals surface area contributed by atoms with E-state index in [1.807, 2.05) is 25.2 Å². The first kappa shape index (κ1) is 12.9. The van der Waals surface area contributed by atoms with Crippen molar-refractivity contribution in [3.63, 3.8) is 0 Å². The molecule has 0 amide bonds. The third kappa shape index (κ3) is 4.22. The van der Waals surface area contributed by atoms with E-state index in [2.05, 4.69) is 27.4 Å². The van der Waals surface area contributed by atoms with Crippen LogP contribution in [0.2, 0.25) is 0 Å². The molecule has 0 aliphatic heterocycles. The van der Waals surface area contributed by atoms with E-state index in [1.165, 1.54) is 0 Å². The lowest BCUT2D eigenvalue weighted by molar-refractivity contribution is -0.113. The molecule has 0 heterocycles. The number of ketones is 1. The second-order valence-corrected chi connectivity index (χ2v) is 4.41. The molecule has 78 valence electrons. The fourth-order valence-corrected chi connectivity index (χ4v) is 0.857. The quantitative estimate of drug-likeness (QED) is 0.492. The number of Topliss-reactive ketones (excluding diaryl/α,β-unsaturated/α-hetero) is 1. The molecule has 0 aromatic carbocycles. The standard InChI is InChI=1S/C13H20O/c1-7-12(11(3)14)9-8-10(2)13(4,5)6/h7-9H,2H2,1,3-6H3/b9-8-,12-7+. The van der Waals surface area contributed by atoms with Gasteiger partial charge < -0.3 is 0 Å². The second kappa shape index (κ2) is 4.94. The average Bonchev–Trinajstić information content (AvgIpc) is 2.02. The van der Waals surface area contributed by atoms with Gasteiger partial charge in [-0.05, 0) is 24.8 Å². The molecule has 0 aromatic heterocycles. The maximum atomic E-state index is 11.1. The summed E-state index contributed by atoms with van der Waals surface area (Å²) in [5.74, 6) is 0.0884. The zero-order chi connectivity index (χ0) is 11.4. The Balaban J connectivity index is 4.61. The molecule has 0 atom stereocenters. The summed E-state index contributed by atoms with van der Waals surface area (Å²) in [6, 6.07) is 0. The highest BCUT2D eigenvalue weighted by Crippen LogP contribution is 2.24. The molecule has 0 saturated heterocycles. The normalized spacial score (nSPS) is 13.4. The fourth-order valence-electron chi connectivity index (χ4n) is 0.857. The van der Waals surface area contributed by atoms with Crippen LogP contribution in [0, 0.1) is 5.41 Å². The van der Waals surface area contributed by atoms with Gasteiger partial charge in [-0.2, -0.15) is 0 Å². The van der Waals surface area contributed by atoms with Crippen LogP contribution in [-0.2, 0) is 4.79 Å². The number of hydrogen-bond acceptors (Lipinski definition) is 1. The minimum absolute atomic E-state index is 0.0616. The topological polar surface area (TPSA) is 17.1 Å². The largest absolute Gasteiger partial charge is 0.295 e. The van der Waals surface area contributed by atoms with Crippen molar-refractivity contribution in [2.45, 2.75) is 34.6 Å². The summed E-state index contributed by atoms with van der Waals surface area (Å²) in [7, 11) is 0. The maximum absolute atomic E-state index is 11.1. The summed E-state index contributed by atoms with van der Waals surface area (Å²) < 4.78 is 0. The van der Waals surface area contributed by atoms with E-state index in [4.69, 9.17) is 0 Å². The third-order valence-electron chi connectivity index (χ3n) is 2.14. The van der Waals surface area contributed by atoms with Crippen LogP contribution < -0.4 is 0 Å². The van der Waals surface area contributed by atoms with Crippen LogP contribution in [0.15, 0.2) is 36.0 Å². The molecule has 0 spiro atoms. The van der Waals surface area contributed by atoms with Gasteiger partial charge in [0.25, 0.3) is 0 Å². The molecular formula is C13H20O. The van der Waals surface area contributed by atoms with Crippen LogP contribution in [0.4, 0.5) is 0 Å². The molecule has 0 radical (unpaired) electrons. The van der Waals surface area contributed by atoms with Gasteiger partial charge in [-0.3, -0.25) is 4.79 Å². The molecule has 0 N–H and O–H groups in total. The summed E-state index contributed by atoms with van der Waals surface area (Å²) in [5.41, 5.74) is 1.82. The summed E-state index contributed by atoms with van der Waals surface area (Å²) >= 11 is 0. The lowest BCUT2D eigenvalue weighted by Crippen LogP contribution is -2.06. The molecule has 0 aliphatic carbocycles. The summed E-state index contributed by atoms with van der Waals surface area (Å²) in [6.45, 7) is 13.7. The van der Waals surface area contributed by atoms with E-state index < -0.39 is 0 Å². The van der Waals surface area contributed by atoms with Crippen LogP contribution in [0.5, 0.6) is 0 Å². The molecule has 0 rings (SSSR count). The van der Waals surface area contributed by atoms with Crippen molar-refractivity contribution < 1.29 is 4.79 Å². The molecule has 0 aromatic rings. The second-order valence-electron chi connectivity index (χ2n) is 4.41. The van der Waals surface area contributed by atoms with Gasteiger partial charge in [-0.15, -0.1) is 0 Å². The first-order valence-electron chi connectivity index (χ1n) is 4.83.